The summed E-state index contributed by atoms with van der Waals surface area (Å²) in [5.74, 6) is 0.585. The monoisotopic (exact) mass is 385 g/mol. The van der Waals surface area contributed by atoms with Crippen molar-refractivity contribution in [3.8, 4) is 11.5 Å². The van der Waals surface area contributed by atoms with Crippen molar-refractivity contribution in [2.75, 3.05) is 26.1 Å². The largest absolute Gasteiger partial charge is 0.493 e. The molecule has 7 heteroatoms. The fraction of sp³-hybridized carbons (Fsp3) is 0.200. The molecule has 1 N–H and O–H groups in total. The maximum atomic E-state index is 12.5. The van der Waals surface area contributed by atoms with Crippen molar-refractivity contribution in [2.45, 2.75) is 11.8 Å². The first-order valence-electron chi connectivity index (χ1n) is 8.29. The van der Waals surface area contributed by atoms with E-state index in [-0.39, 0.29) is 5.91 Å². The highest BCUT2D eigenvalue weighted by atomic mass is 32.2. The zero-order valence-electron chi connectivity index (χ0n) is 15.2. The van der Waals surface area contributed by atoms with Gasteiger partial charge in [-0.15, -0.1) is 0 Å². The number of carbonyl (C=O) groups is 2. The molecule has 1 amide bonds. The van der Waals surface area contributed by atoms with Crippen molar-refractivity contribution in [3.05, 3.63) is 52.4 Å². The zero-order valence-corrected chi connectivity index (χ0v) is 16.0. The number of fused-ring (bicyclic) bond motifs is 1. The summed E-state index contributed by atoms with van der Waals surface area (Å²) < 4.78 is 15.6. The molecule has 0 aliphatic carbocycles. The Kier molecular flexibility index (Phi) is 5.71. The van der Waals surface area contributed by atoms with Crippen molar-refractivity contribution in [1.82, 2.24) is 0 Å². The summed E-state index contributed by atoms with van der Waals surface area (Å²) in [4.78, 5) is 25.5. The van der Waals surface area contributed by atoms with Crippen LogP contribution in [-0.2, 0) is 9.53 Å². The SMILES string of the molecule is CCOc1ccc(/C=C2/Sc3ccc(C(=O)OC)cc3NC2=O)cc1OC. The van der Waals surface area contributed by atoms with Gasteiger partial charge in [-0.1, -0.05) is 17.8 Å². The molecule has 1 heterocycles. The normalized spacial score (nSPS) is 14.3. The Bertz CT molecular complexity index is 923. The molecule has 1 aliphatic rings. The molecule has 0 radical (unpaired) electrons. The molecule has 0 bridgehead atoms. The molecule has 0 saturated heterocycles. The van der Waals surface area contributed by atoms with Gasteiger partial charge in [-0.25, -0.2) is 4.79 Å². The van der Waals surface area contributed by atoms with Gasteiger partial charge in [-0.05, 0) is 48.9 Å². The van der Waals surface area contributed by atoms with Gasteiger partial charge in [-0.3, -0.25) is 4.79 Å². The fourth-order valence-electron chi connectivity index (χ4n) is 2.61. The van der Waals surface area contributed by atoms with Crippen LogP contribution in [-0.4, -0.2) is 32.7 Å². The standard InChI is InChI=1S/C20H19NO5S/c1-4-26-15-7-5-12(9-16(15)24-2)10-18-19(22)21-14-11-13(20(23)25-3)6-8-17(14)27-18/h5-11H,4H2,1-3H3,(H,21,22)/b18-10+. The maximum absolute atomic E-state index is 12.5. The summed E-state index contributed by atoms with van der Waals surface area (Å²) in [7, 11) is 2.90. The van der Waals surface area contributed by atoms with E-state index in [1.165, 1.54) is 18.9 Å². The Morgan fingerprint density at radius 3 is 2.67 bits per heavy atom. The number of benzene rings is 2. The molecule has 0 fully saturated rings. The molecular weight excluding hydrogens is 366 g/mol. The predicted molar refractivity (Wildman–Crippen MR) is 104 cm³/mol. The minimum atomic E-state index is -0.445. The zero-order chi connectivity index (χ0) is 19.4. The van der Waals surface area contributed by atoms with Crippen molar-refractivity contribution in [2.24, 2.45) is 0 Å². The van der Waals surface area contributed by atoms with Crippen LogP contribution in [0, 0.1) is 0 Å². The minimum Gasteiger partial charge on any atom is -0.493 e. The Balaban J connectivity index is 1.88. The molecule has 0 atom stereocenters. The van der Waals surface area contributed by atoms with E-state index in [1.54, 1.807) is 31.4 Å². The lowest BCUT2D eigenvalue weighted by atomic mass is 10.1. The molecule has 6 nitrogen and oxygen atoms in total. The number of anilines is 1. The van der Waals surface area contributed by atoms with Gasteiger partial charge >= 0.3 is 5.97 Å². The molecular formula is C20H19NO5S. The number of thioether (sulfide) groups is 1. The molecule has 1 aliphatic heterocycles. The van der Waals surface area contributed by atoms with Gasteiger partial charge in [0.2, 0.25) is 0 Å². The molecule has 0 saturated carbocycles. The van der Waals surface area contributed by atoms with Gasteiger partial charge in [0, 0.05) is 4.90 Å². The Labute approximate surface area is 161 Å². The van der Waals surface area contributed by atoms with Crippen LogP contribution in [0.5, 0.6) is 11.5 Å². The van der Waals surface area contributed by atoms with Gasteiger partial charge in [0.25, 0.3) is 5.91 Å². The van der Waals surface area contributed by atoms with E-state index in [9.17, 15) is 9.59 Å². The number of hydrogen-bond donors (Lipinski definition) is 1. The van der Waals surface area contributed by atoms with E-state index in [0.29, 0.717) is 34.3 Å². The average molecular weight is 385 g/mol. The molecule has 27 heavy (non-hydrogen) atoms. The Morgan fingerprint density at radius 2 is 1.96 bits per heavy atom. The second-order valence-electron chi connectivity index (χ2n) is 5.61. The minimum absolute atomic E-state index is 0.234. The number of rotatable bonds is 5. The highest BCUT2D eigenvalue weighted by Gasteiger charge is 2.22. The summed E-state index contributed by atoms with van der Waals surface area (Å²) in [6.45, 7) is 2.45. The summed E-state index contributed by atoms with van der Waals surface area (Å²) in [6, 6.07) is 10.6. The molecule has 0 spiro atoms. The number of esters is 1. The van der Waals surface area contributed by atoms with Gasteiger partial charge in [0.1, 0.15) is 0 Å². The molecule has 0 aromatic heterocycles. The van der Waals surface area contributed by atoms with Gasteiger partial charge in [0.15, 0.2) is 11.5 Å². The topological polar surface area (TPSA) is 73.9 Å². The van der Waals surface area contributed by atoms with E-state index < -0.39 is 5.97 Å². The third-order valence-electron chi connectivity index (χ3n) is 3.88. The summed E-state index contributed by atoms with van der Waals surface area (Å²) in [6.07, 6.45) is 1.79. The fourth-order valence-corrected chi connectivity index (χ4v) is 3.54. The quantitative estimate of drug-likeness (QED) is 0.620. The number of amides is 1. The van der Waals surface area contributed by atoms with Crippen LogP contribution in [0.4, 0.5) is 5.69 Å². The van der Waals surface area contributed by atoms with Gasteiger partial charge in [-0.2, -0.15) is 0 Å². The van der Waals surface area contributed by atoms with E-state index in [0.717, 1.165) is 10.5 Å². The Hall–Kier alpha value is -2.93. The number of methoxy groups -OCH3 is 2. The lowest BCUT2D eigenvalue weighted by Crippen LogP contribution is -2.18. The van der Waals surface area contributed by atoms with Crippen LogP contribution in [0.25, 0.3) is 6.08 Å². The van der Waals surface area contributed by atoms with Crippen molar-refractivity contribution < 1.29 is 23.8 Å². The third-order valence-corrected chi connectivity index (χ3v) is 4.98. The predicted octanol–water partition coefficient (Wildman–Crippen LogP) is 3.97. The Morgan fingerprint density at radius 1 is 1.15 bits per heavy atom. The van der Waals surface area contributed by atoms with E-state index in [4.69, 9.17) is 14.2 Å². The first kappa shape index (κ1) is 18.8. The summed E-state index contributed by atoms with van der Waals surface area (Å²) >= 11 is 1.34. The number of hydrogen-bond acceptors (Lipinski definition) is 6. The van der Waals surface area contributed by atoms with Crippen LogP contribution in [0.1, 0.15) is 22.8 Å². The van der Waals surface area contributed by atoms with Crippen LogP contribution < -0.4 is 14.8 Å². The van der Waals surface area contributed by atoms with E-state index >= 15 is 0 Å². The van der Waals surface area contributed by atoms with Gasteiger partial charge < -0.3 is 19.5 Å². The van der Waals surface area contributed by atoms with Crippen molar-refractivity contribution >= 4 is 35.4 Å². The lowest BCUT2D eigenvalue weighted by Gasteiger charge is -2.19. The first-order chi connectivity index (χ1) is 13.0. The molecule has 140 valence electrons. The molecule has 3 rings (SSSR count). The van der Waals surface area contributed by atoms with Crippen LogP contribution in [0.3, 0.4) is 0 Å². The van der Waals surface area contributed by atoms with Crippen molar-refractivity contribution in [1.29, 1.82) is 0 Å². The van der Waals surface area contributed by atoms with E-state index in [2.05, 4.69) is 5.32 Å². The van der Waals surface area contributed by atoms with Crippen molar-refractivity contribution in [3.63, 3.8) is 0 Å². The van der Waals surface area contributed by atoms with Crippen LogP contribution in [0.15, 0.2) is 46.2 Å². The third kappa shape index (κ3) is 4.09. The molecule has 2 aromatic rings. The molecule has 2 aromatic carbocycles. The highest BCUT2D eigenvalue weighted by Crippen LogP contribution is 2.40. The average Bonchev–Trinajstić information content (AvgIpc) is 2.68. The maximum Gasteiger partial charge on any atom is 0.337 e. The first-order valence-corrected chi connectivity index (χ1v) is 9.11. The van der Waals surface area contributed by atoms with Crippen LogP contribution in [0.2, 0.25) is 0 Å². The lowest BCUT2D eigenvalue weighted by molar-refractivity contribution is -0.112. The van der Waals surface area contributed by atoms with Gasteiger partial charge in [0.05, 0.1) is 37.0 Å². The summed E-state index contributed by atoms with van der Waals surface area (Å²) in [5.41, 5.74) is 1.80. The second-order valence-corrected chi connectivity index (χ2v) is 6.69. The smallest absolute Gasteiger partial charge is 0.337 e. The number of nitrogens with one attached hydrogen (secondary N) is 1. The summed E-state index contributed by atoms with van der Waals surface area (Å²) in [5, 5.41) is 2.82. The van der Waals surface area contributed by atoms with Crippen LogP contribution >= 0.6 is 11.8 Å². The molecule has 0 unspecified atom stereocenters. The van der Waals surface area contributed by atoms with E-state index in [1.807, 2.05) is 25.1 Å². The number of ether oxygens (including phenoxy) is 3. The second kappa shape index (κ2) is 8.18. The number of carbonyl (C=O) groups excluding carboxylic acids is 2. The highest BCUT2D eigenvalue weighted by molar-refractivity contribution is 8.04.